The quantitative estimate of drug-likeness (QED) is 0.385. The number of nitrogens with two attached hydrogens (primary N) is 1. The van der Waals surface area contributed by atoms with Crippen molar-refractivity contribution in [2.24, 2.45) is 62.4 Å². The van der Waals surface area contributed by atoms with E-state index >= 15 is 0 Å². The number of carboxylic acids is 1. The van der Waals surface area contributed by atoms with Gasteiger partial charge in [-0.05, 0) is 83.9 Å². The molecule has 0 amide bonds. The van der Waals surface area contributed by atoms with E-state index in [1.807, 2.05) is 7.11 Å². The maximum atomic E-state index is 13.3. The summed E-state index contributed by atoms with van der Waals surface area (Å²) in [6.07, 6.45) is 8.36. The first-order valence-electron chi connectivity index (χ1n) is 15.6. The summed E-state index contributed by atoms with van der Waals surface area (Å²) in [5.41, 5.74) is 6.56. The lowest BCUT2D eigenvalue weighted by atomic mass is 9.34. The second-order valence-electron chi connectivity index (χ2n) is 15.4. The van der Waals surface area contributed by atoms with E-state index in [1.54, 1.807) is 0 Å². The average molecular weight is 546 g/mol. The molecule has 5 rings (SSSR count). The Bertz CT molecular complexity index is 997. The molecule has 11 atom stereocenters. The number of fused-ring (bicyclic) bond motifs is 3. The summed E-state index contributed by atoms with van der Waals surface area (Å²) in [4.78, 5) is 13.3. The minimum atomic E-state index is -0.614. The van der Waals surface area contributed by atoms with Crippen molar-refractivity contribution in [2.75, 3.05) is 33.5 Å². The van der Waals surface area contributed by atoms with E-state index in [0.717, 1.165) is 45.1 Å². The molecule has 4 aliphatic carbocycles. The Hall–Kier alpha value is -0.950. The molecule has 1 aliphatic heterocycles. The second kappa shape index (κ2) is 9.81. The van der Waals surface area contributed by atoms with Gasteiger partial charge in [0.05, 0.1) is 37.9 Å². The Kier molecular flexibility index (Phi) is 7.43. The fourth-order valence-electron chi connectivity index (χ4n) is 11.2. The maximum Gasteiger partial charge on any atom is 0.307 e. The molecular weight excluding hydrogens is 490 g/mol. The first kappa shape index (κ1) is 29.5. The molecule has 0 radical (unpaired) electrons. The van der Waals surface area contributed by atoms with Crippen LogP contribution < -0.4 is 5.73 Å². The number of hydrogen-bond donors (Lipinski definition) is 2. The van der Waals surface area contributed by atoms with Gasteiger partial charge < -0.3 is 25.1 Å². The Morgan fingerprint density at radius 3 is 2.46 bits per heavy atom. The summed E-state index contributed by atoms with van der Waals surface area (Å²) in [6, 6.07) is 0. The summed E-state index contributed by atoms with van der Waals surface area (Å²) in [6.45, 7) is 18.6. The van der Waals surface area contributed by atoms with Crippen molar-refractivity contribution < 1.29 is 24.1 Å². The maximum absolute atomic E-state index is 13.3. The summed E-state index contributed by atoms with van der Waals surface area (Å²) in [5.74, 6) is 0.565. The van der Waals surface area contributed by atoms with Crippen LogP contribution >= 0.6 is 0 Å². The standard InChI is InChI=1S/C33H55NO5/c1-20(2)21(3)30(5)13-14-31(6)22-9-10-25-29(4)17-24(37-8)27(39-16-15-34)33(25,19-38-18-29)23(22)11-12-32(31,7)26(30)28(35)36/h11,20-22,24-27H,9-10,12-19,34H2,1-8H3,(H,35,36)/t21-,22+,24-,25-,26-,27+,29-,30-,31-,32+,33+/m1/s1. The summed E-state index contributed by atoms with van der Waals surface area (Å²) >= 11 is 0. The van der Waals surface area contributed by atoms with Crippen LogP contribution in [0, 0.1) is 56.7 Å². The zero-order valence-electron chi connectivity index (χ0n) is 25.8. The fraction of sp³-hybridized carbons (Fsp3) is 0.909. The van der Waals surface area contributed by atoms with Crippen LogP contribution in [0.5, 0.6) is 0 Å². The number of allylic oxidation sites excluding steroid dienone is 1. The van der Waals surface area contributed by atoms with Crippen LogP contribution in [0.3, 0.4) is 0 Å². The van der Waals surface area contributed by atoms with Crippen LogP contribution in [0.1, 0.15) is 87.0 Å². The predicted octanol–water partition coefficient (Wildman–Crippen LogP) is 5.93. The predicted molar refractivity (Wildman–Crippen MR) is 153 cm³/mol. The normalized spacial score (nSPS) is 49.9. The van der Waals surface area contributed by atoms with Gasteiger partial charge in [-0.25, -0.2) is 0 Å². The highest BCUT2D eigenvalue weighted by Gasteiger charge is 2.72. The number of aliphatic carboxylic acids is 1. The number of carbonyl (C=O) groups is 1. The van der Waals surface area contributed by atoms with Crippen LogP contribution in [0.2, 0.25) is 0 Å². The molecule has 3 saturated carbocycles. The molecule has 6 nitrogen and oxygen atoms in total. The van der Waals surface area contributed by atoms with Crippen molar-refractivity contribution in [3.8, 4) is 0 Å². The number of hydrogen-bond acceptors (Lipinski definition) is 5. The molecule has 4 fully saturated rings. The largest absolute Gasteiger partial charge is 0.481 e. The molecular formula is C33H55NO5. The van der Waals surface area contributed by atoms with Crippen LogP contribution in [0.4, 0.5) is 0 Å². The molecule has 39 heavy (non-hydrogen) atoms. The zero-order chi connectivity index (χ0) is 28.6. The number of methoxy groups -OCH3 is 1. The summed E-state index contributed by atoms with van der Waals surface area (Å²) in [7, 11) is 1.82. The molecule has 1 heterocycles. The first-order chi connectivity index (χ1) is 18.3. The van der Waals surface area contributed by atoms with E-state index in [9.17, 15) is 9.90 Å². The van der Waals surface area contributed by atoms with Gasteiger partial charge in [0.15, 0.2) is 0 Å². The van der Waals surface area contributed by atoms with E-state index in [-0.39, 0.29) is 45.2 Å². The minimum absolute atomic E-state index is 0.00391. The fourth-order valence-corrected chi connectivity index (χ4v) is 11.2. The molecule has 3 N–H and O–H groups in total. The van der Waals surface area contributed by atoms with E-state index < -0.39 is 5.97 Å². The number of carboxylic acid groups (broad SMARTS) is 1. The molecule has 2 bridgehead atoms. The smallest absolute Gasteiger partial charge is 0.307 e. The van der Waals surface area contributed by atoms with Gasteiger partial charge in [0.25, 0.3) is 0 Å². The van der Waals surface area contributed by atoms with Gasteiger partial charge in [0.1, 0.15) is 0 Å². The van der Waals surface area contributed by atoms with Crippen LogP contribution in [0.15, 0.2) is 11.6 Å². The van der Waals surface area contributed by atoms with E-state index in [0.29, 0.717) is 43.4 Å². The van der Waals surface area contributed by atoms with Crippen molar-refractivity contribution in [1.29, 1.82) is 0 Å². The van der Waals surface area contributed by atoms with E-state index in [2.05, 4.69) is 54.5 Å². The van der Waals surface area contributed by atoms with Crippen molar-refractivity contribution in [3.05, 3.63) is 11.6 Å². The van der Waals surface area contributed by atoms with Gasteiger partial charge in [-0.3, -0.25) is 4.79 Å². The van der Waals surface area contributed by atoms with E-state index in [4.69, 9.17) is 19.9 Å². The SMILES string of the molecule is CO[C@@H]1C[C@]2(C)COC[C@@]3(C4=CC[C@@]5(C)[C@H](C(=O)O)[C@@](C)([C@H](C)C(C)C)CC[C@]5(C)[C@H]4CC[C@H]23)[C@H]1OCCN. The molecule has 0 aromatic carbocycles. The molecule has 1 saturated heterocycles. The summed E-state index contributed by atoms with van der Waals surface area (Å²) in [5, 5.41) is 10.9. The Labute approximate surface area is 236 Å². The van der Waals surface area contributed by atoms with Crippen LogP contribution in [-0.2, 0) is 19.0 Å². The lowest BCUT2D eigenvalue weighted by Gasteiger charge is -2.71. The highest BCUT2D eigenvalue weighted by molar-refractivity contribution is 5.73. The topological polar surface area (TPSA) is 91.0 Å². The zero-order valence-corrected chi connectivity index (χ0v) is 25.8. The number of ether oxygens (including phenoxy) is 3. The van der Waals surface area contributed by atoms with Gasteiger partial charge in [0, 0.05) is 19.1 Å². The monoisotopic (exact) mass is 545 g/mol. The van der Waals surface area contributed by atoms with Crippen molar-refractivity contribution >= 4 is 5.97 Å². The van der Waals surface area contributed by atoms with Crippen molar-refractivity contribution in [3.63, 3.8) is 0 Å². The highest BCUT2D eigenvalue weighted by Crippen LogP contribution is 2.75. The molecule has 0 aromatic heterocycles. The molecule has 5 aliphatic rings. The third-order valence-corrected chi connectivity index (χ3v) is 13.7. The Balaban J connectivity index is 1.65. The third-order valence-electron chi connectivity index (χ3n) is 13.7. The lowest BCUT2D eigenvalue weighted by Crippen LogP contribution is -2.71. The highest BCUT2D eigenvalue weighted by atomic mass is 16.5. The van der Waals surface area contributed by atoms with Gasteiger partial charge in [0.2, 0.25) is 0 Å². The van der Waals surface area contributed by atoms with Crippen LogP contribution in [0.25, 0.3) is 0 Å². The molecule has 6 heteroatoms. The number of rotatable bonds is 7. The summed E-state index contributed by atoms with van der Waals surface area (Å²) < 4.78 is 19.3. The third kappa shape index (κ3) is 3.83. The first-order valence-corrected chi connectivity index (χ1v) is 15.6. The van der Waals surface area contributed by atoms with Gasteiger partial charge in [-0.2, -0.15) is 0 Å². The lowest BCUT2D eigenvalue weighted by molar-refractivity contribution is -0.268. The molecule has 0 spiro atoms. The van der Waals surface area contributed by atoms with Gasteiger partial charge in [-0.15, -0.1) is 0 Å². The van der Waals surface area contributed by atoms with E-state index in [1.165, 1.54) is 5.57 Å². The van der Waals surface area contributed by atoms with Gasteiger partial charge >= 0.3 is 5.97 Å². The Morgan fingerprint density at radius 2 is 1.85 bits per heavy atom. The minimum Gasteiger partial charge on any atom is -0.481 e. The van der Waals surface area contributed by atoms with Crippen molar-refractivity contribution in [2.45, 2.75) is 99.2 Å². The van der Waals surface area contributed by atoms with Crippen molar-refractivity contribution in [1.82, 2.24) is 0 Å². The Morgan fingerprint density at radius 1 is 1.13 bits per heavy atom. The van der Waals surface area contributed by atoms with Crippen LogP contribution in [-0.4, -0.2) is 56.8 Å². The molecule has 0 unspecified atom stereocenters. The average Bonchev–Trinajstić information content (AvgIpc) is 2.87. The molecule has 0 aromatic rings. The second-order valence-corrected chi connectivity index (χ2v) is 15.4. The van der Waals surface area contributed by atoms with Gasteiger partial charge in [-0.1, -0.05) is 60.1 Å². The molecule has 222 valence electrons.